The molecule has 0 bridgehead atoms. The van der Waals surface area contributed by atoms with Crippen LogP contribution < -0.4 is 0 Å². The van der Waals surface area contributed by atoms with Crippen LogP contribution in [0.2, 0.25) is 0 Å². The molecule has 0 rings (SSSR count). The van der Waals surface area contributed by atoms with Gasteiger partial charge in [-0.25, -0.2) is 0 Å². The topological polar surface area (TPSA) is 0 Å². The van der Waals surface area contributed by atoms with E-state index in [-0.39, 0.29) is 0 Å². The molecule has 0 unspecified atom stereocenters. The summed E-state index contributed by atoms with van der Waals surface area (Å²) in [6.07, 6.45) is 3.16. The second-order valence-electron chi connectivity index (χ2n) is 1.57. The van der Waals surface area contributed by atoms with Crippen molar-refractivity contribution in [2.24, 2.45) is 0 Å². The third-order valence-electron chi connectivity index (χ3n) is 0.553. The number of rotatable bonds is 2. The highest BCUT2D eigenvalue weighted by Gasteiger charge is 1.66. The molecule has 0 aliphatic rings. The lowest BCUT2D eigenvalue weighted by Gasteiger charge is -1.98. The van der Waals surface area contributed by atoms with E-state index >= 15 is 0 Å². The average Bonchev–Trinajstić information content (AvgIpc) is 1.35. The first-order valence-electron chi connectivity index (χ1n) is 2.19. The first-order valence-corrected chi connectivity index (χ1v) is 2.19. The van der Waals surface area contributed by atoms with Gasteiger partial charge in [-0.1, -0.05) is 0 Å². The van der Waals surface area contributed by atoms with Crippen LogP contribution in [-0.4, -0.2) is 0 Å². The average molecular weight is 83.2 g/mol. The minimum absolute atomic E-state index is 1.06. The first kappa shape index (κ1) is 5.74. The smallest absolute Gasteiger partial charge is 0.0468 e. The normalized spacial score (nSPS) is 8.33. The highest BCUT2D eigenvalue weighted by molar-refractivity contribution is 4.91. The van der Waals surface area contributed by atoms with Crippen molar-refractivity contribution in [3.8, 4) is 0 Å². The first-order chi connectivity index (χ1) is 2.77. The Morgan fingerprint density at radius 1 is 1.83 bits per heavy atom. The molecule has 0 saturated heterocycles. The Balaban J connectivity index is 2.83. The van der Waals surface area contributed by atoms with Gasteiger partial charge in [0.2, 0.25) is 0 Å². The van der Waals surface area contributed by atoms with Crippen molar-refractivity contribution in [3.05, 3.63) is 18.6 Å². The van der Waals surface area contributed by atoms with Crippen LogP contribution in [0.5, 0.6) is 0 Å². The van der Waals surface area contributed by atoms with E-state index in [9.17, 15) is 0 Å². The minimum atomic E-state index is 1.06. The SMILES string of the molecule is C=C(C)C[CH-]C. The maximum atomic E-state index is 3.71. The van der Waals surface area contributed by atoms with Crippen molar-refractivity contribution in [3.63, 3.8) is 0 Å². The van der Waals surface area contributed by atoms with Gasteiger partial charge in [0.15, 0.2) is 0 Å². The third-order valence-corrected chi connectivity index (χ3v) is 0.553. The summed E-state index contributed by atoms with van der Waals surface area (Å²) in [7, 11) is 0. The van der Waals surface area contributed by atoms with Gasteiger partial charge >= 0.3 is 0 Å². The largest absolute Gasteiger partial charge is 0.328 e. The van der Waals surface area contributed by atoms with Crippen molar-refractivity contribution in [2.45, 2.75) is 20.3 Å². The van der Waals surface area contributed by atoms with Gasteiger partial charge < -0.3 is 6.42 Å². The van der Waals surface area contributed by atoms with Crippen molar-refractivity contribution >= 4 is 0 Å². The van der Waals surface area contributed by atoms with E-state index in [1.807, 2.05) is 13.8 Å². The summed E-state index contributed by atoms with van der Waals surface area (Å²) >= 11 is 0. The zero-order valence-electron chi connectivity index (χ0n) is 4.49. The lowest BCUT2D eigenvalue weighted by Crippen LogP contribution is -1.67. The van der Waals surface area contributed by atoms with Crippen molar-refractivity contribution < 1.29 is 0 Å². The standard InChI is InChI=1S/C6H11/c1-4-5-6(2)3/h4H,2,5H2,1,3H3/q-1. The van der Waals surface area contributed by atoms with Crippen LogP contribution in [0.3, 0.4) is 0 Å². The predicted molar refractivity (Wildman–Crippen MR) is 29.4 cm³/mol. The van der Waals surface area contributed by atoms with Crippen LogP contribution in [0.4, 0.5) is 0 Å². The van der Waals surface area contributed by atoms with Crippen LogP contribution in [0.25, 0.3) is 0 Å². The molecule has 0 atom stereocenters. The molecule has 36 valence electrons. The van der Waals surface area contributed by atoms with Gasteiger partial charge in [-0.15, -0.1) is 12.2 Å². The summed E-state index contributed by atoms with van der Waals surface area (Å²) in [5.74, 6) is 0. The highest BCUT2D eigenvalue weighted by atomic mass is 13.8. The van der Waals surface area contributed by atoms with E-state index in [1.54, 1.807) is 0 Å². The van der Waals surface area contributed by atoms with Crippen molar-refractivity contribution in [2.75, 3.05) is 0 Å². The fourth-order valence-corrected chi connectivity index (χ4v) is 0.348. The summed E-state index contributed by atoms with van der Waals surface area (Å²) in [6.45, 7) is 7.78. The van der Waals surface area contributed by atoms with Gasteiger partial charge in [0.25, 0.3) is 0 Å². The Morgan fingerprint density at radius 3 is 2.33 bits per heavy atom. The van der Waals surface area contributed by atoms with Crippen LogP contribution in [0, 0.1) is 6.42 Å². The monoisotopic (exact) mass is 83.1 g/mol. The molecule has 0 amide bonds. The molecule has 0 saturated carbocycles. The highest BCUT2D eigenvalue weighted by Crippen LogP contribution is 1.95. The second kappa shape index (κ2) is 2.95. The Hall–Kier alpha value is -0.260. The summed E-state index contributed by atoms with van der Waals surface area (Å²) < 4.78 is 0. The molecule has 0 N–H and O–H groups in total. The molecule has 0 spiro atoms. The molecular formula is C6H11-. The molecule has 0 radical (unpaired) electrons. The van der Waals surface area contributed by atoms with E-state index in [0.717, 1.165) is 6.42 Å². The molecule has 0 aliphatic heterocycles. The maximum absolute atomic E-state index is 3.71. The molecule has 0 aromatic heterocycles. The van der Waals surface area contributed by atoms with Gasteiger partial charge in [-0.2, -0.15) is 13.3 Å². The Labute approximate surface area is 39.9 Å². The van der Waals surface area contributed by atoms with Crippen LogP contribution in [0.15, 0.2) is 12.2 Å². The number of allylic oxidation sites excluding steroid dienone is 1. The van der Waals surface area contributed by atoms with Crippen molar-refractivity contribution in [1.29, 1.82) is 0 Å². The maximum Gasteiger partial charge on any atom is -0.0468 e. The minimum Gasteiger partial charge on any atom is -0.328 e. The lowest BCUT2D eigenvalue weighted by molar-refractivity contribution is 1.11. The van der Waals surface area contributed by atoms with Gasteiger partial charge in [-0.05, 0) is 6.92 Å². The third kappa shape index (κ3) is 3.74. The molecule has 0 nitrogen and oxygen atoms in total. The van der Waals surface area contributed by atoms with E-state index in [1.165, 1.54) is 5.57 Å². The van der Waals surface area contributed by atoms with Gasteiger partial charge in [-0.3, -0.25) is 0 Å². The van der Waals surface area contributed by atoms with E-state index in [2.05, 4.69) is 13.0 Å². The molecule has 6 heavy (non-hydrogen) atoms. The van der Waals surface area contributed by atoms with E-state index in [4.69, 9.17) is 0 Å². The summed E-state index contributed by atoms with van der Waals surface area (Å²) in [5.41, 5.74) is 1.23. The molecule has 0 aromatic carbocycles. The summed E-state index contributed by atoms with van der Waals surface area (Å²) in [6, 6.07) is 0. The molecule has 0 fully saturated rings. The van der Waals surface area contributed by atoms with Gasteiger partial charge in [0, 0.05) is 0 Å². The van der Waals surface area contributed by atoms with E-state index < -0.39 is 0 Å². The van der Waals surface area contributed by atoms with Gasteiger partial charge in [0.05, 0.1) is 0 Å². The predicted octanol–water partition coefficient (Wildman–Crippen LogP) is 2.18. The second-order valence-corrected chi connectivity index (χ2v) is 1.57. The van der Waals surface area contributed by atoms with Crippen LogP contribution in [-0.2, 0) is 0 Å². The fraction of sp³-hybridized carbons (Fsp3) is 0.500. The Morgan fingerprint density at radius 2 is 2.33 bits per heavy atom. The van der Waals surface area contributed by atoms with Crippen LogP contribution >= 0.6 is 0 Å². The fourth-order valence-electron chi connectivity index (χ4n) is 0.348. The number of hydrogen-bond acceptors (Lipinski definition) is 0. The zero-order valence-corrected chi connectivity index (χ0v) is 4.49. The molecule has 0 heterocycles. The molecular weight excluding hydrogens is 72.1 g/mol. The Kier molecular flexibility index (Phi) is 2.82. The molecule has 0 heteroatoms. The zero-order chi connectivity index (χ0) is 4.99. The Bertz CT molecular complexity index is 44.0. The summed E-state index contributed by atoms with van der Waals surface area (Å²) in [5, 5.41) is 0. The van der Waals surface area contributed by atoms with Gasteiger partial charge in [0.1, 0.15) is 0 Å². The van der Waals surface area contributed by atoms with Crippen LogP contribution in [0.1, 0.15) is 20.3 Å². The van der Waals surface area contributed by atoms with Crippen molar-refractivity contribution in [1.82, 2.24) is 0 Å². The summed E-state index contributed by atoms with van der Waals surface area (Å²) in [4.78, 5) is 0. The number of hydrogen-bond donors (Lipinski definition) is 0. The van der Waals surface area contributed by atoms with E-state index in [0.29, 0.717) is 0 Å². The quantitative estimate of drug-likeness (QED) is 0.354. The lowest BCUT2D eigenvalue weighted by atomic mass is 10.2. The molecule has 0 aliphatic carbocycles. The molecule has 0 aromatic rings.